The van der Waals surface area contributed by atoms with E-state index in [0.717, 1.165) is 46.6 Å². The molecule has 1 heterocycles. The number of hydrogen-bond donors (Lipinski definition) is 0. The molecule has 0 aliphatic carbocycles. The zero-order valence-corrected chi connectivity index (χ0v) is 33.8. The number of benzene rings is 7. The molecule has 56 heavy (non-hydrogen) atoms. The van der Waals surface area contributed by atoms with Gasteiger partial charge >= 0.3 is 0 Å². The lowest BCUT2D eigenvalue weighted by atomic mass is 10.0. The smallest absolute Gasteiger partial charge is 0.0973 e. The van der Waals surface area contributed by atoms with Crippen molar-refractivity contribution in [3.05, 3.63) is 206 Å². The number of rotatable bonds is 8. The first kappa shape index (κ1) is 42.2. The van der Waals surface area contributed by atoms with Gasteiger partial charge < -0.3 is 9.80 Å². The lowest BCUT2D eigenvalue weighted by Crippen LogP contribution is -2.15. The van der Waals surface area contributed by atoms with E-state index in [1.54, 1.807) is 0 Å². The molecular weight excluding hydrogens is 681 g/mol. The number of para-hydroxylation sites is 6. The van der Waals surface area contributed by atoms with E-state index in [2.05, 4.69) is 145 Å². The van der Waals surface area contributed by atoms with Crippen LogP contribution in [0.5, 0.6) is 0 Å². The lowest BCUT2D eigenvalue weighted by molar-refractivity contribution is 1.02. The van der Waals surface area contributed by atoms with Crippen LogP contribution in [0, 0.1) is 0 Å². The molecule has 0 aliphatic heterocycles. The molecule has 1 aromatic heterocycles. The summed E-state index contributed by atoms with van der Waals surface area (Å²) in [4.78, 5) is 14.3. The van der Waals surface area contributed by atoms with Gasteiger partial charge in [0, 0.05) is 47.0 Å². The van der Waals surface area contributed by atoms with Crippen LogP contribution in [0.1, 0.15) is 41.5 Å². The van der Waals surface area contributed by atoms with Crippen LogP contribution < -0.4 is 9.80 Å². The van der Waals surface area contributed by atoms with Crippen LogP contribution in [-0.2, 0) is 0 Å². The van der Waals surface area contributed by atoms with Crippen molar-refractivity contribution in [3.8, 4) is 22.5 Å². The number of anilines is 4. The molecule has 8 rings (SSSR count). The first-order valence-electron chi connectivity index (χ1n) is 19.9. The minimum atomic E-state index is 0.918. The zero-order valence-electron chi connectivity index (χ0n) is 33.8. The number of nitrogens with zero attached hydrogens (tertiary/aromatic N) is 4. The molecule has 0 unspecified atom stereocenters. The van der Waals surface area contributed by atoms with Crippen LogP contribution in [0.2, 0.25) is 0 Å². The molecule has 0 saturated heterocycles. The number of fused-ring (bicyclic) bond motifs is 1. The minimum Gasteiger partial charge on any atom is -0.342 e. The maximum atomic E-state index is 4.86. The molecule has 0 N–H and O–H groups in total. The van der Waals surface area contributed by atoms with Crippen molar-refractivity contribution in [2.75, 3.05) is 22.9 Å². The van der Waals surface area contributed by atoms with Crippen LogP contribution in [0.3, 0.4) is 0 Å². The molecule has 0 saturated carbocycles. The third-order valence-electron chi connectivity index (χ3n) is 8.57. The fourth-order valence-corrected chi connectivity index (χ4v) is 6.05. The predicted molar refractivity (Wildman–Crippen MR) is 244 cm³/mol. The molecule has 0 fully saturated rings. The Morgan fingerprint density at radius 3 is 0.750 bits per heavy atom. The normalized spacial score (nSPS) is 9.75. The van der Waals surface area contributed by atoms with Gasteiger partial charge in [0.1, 0.15) is 0 Å². The second kappa shape index (κ2) is 24.0. The molecule has 0 bridgehead atoms. The summed E-state index contributed by atoms with van der Waals surface area (Å²) < 4.78 is 0. The van der Waals surface area contributed by atoms with Gasteiger partial charge in [-0.05, 0) is 74.5 Å². The van der Waals surface area contributed by atoms with Gasteiger partial charge in [-0.1, -0.05) is 173 Å². The van der Waals surface area contributed by atoms with E-state index in [4.69, 9.17) is 9.97 Å². The monoisotopic (exact) mass is 736 g/mol. The Bertz CT molecular complexity index is 1950. The van der Waals surface area contributed by atoms with Crippen LogP contribution in [-0.4, -0.2) is 23.1 Å². The largest absolute Gasteiger partial charge is 0.342 e. The Hall–Kier alpha value is -6.52. The third-order valence-corrected chi connectivity index (χ3v) is 8.57. The number of hydrogen-bond acceptors (Lipinski definition) is 4. The summed E-state index contributed by atoms with van der Waals surface area (Å²) in [6.45, 7) is 14.3. The van der Waals surface area contributed by atoms with Gasteiger partial charge in [-0.25, -0.2) is 9.97 Å². The summed E-state index contributed by atoms with van der Waals surface area (Å²) in [5.74, 6) is 0. The van der Waals surface area contributed by atoms with Crippen molar-refractivity contribution in [2.45, 2.75) is 41.5 Å². The van der Waals surface area contributed by atoms with E-state index in [9.17, 15) is 0 Å². The average Bonchev–Trinajstić information content (AvgIpc) is 3.30. The second-order valence-electron chi connectivity index (χ2n) is 12.0. The van der Waals surface area contributed by atoms with Gasteiger partial charge in [0.15, 0.2) is 0 Å². The van der Waals surface area contributed by atoms with Crippen molar-refractivity contribution >= 4 is 33.8 Å². The van der Waals surface area contributed by atoms with Gasteiger partial charge in [0.2, 0.25) is 0 Å². The summed E-state index contributed by atoms with van der Waals surface area (Å²) in [6.07, 6.45) is 0. The highest BCUT2D eigenvalue weighted by Gasteiger charge is 2.12. The summed E-state index contributed by atoms with van der Waals surface area (Å²) in [7, 11) is 0. The Morgan fingerprint density at radius 1 is 0.304 bits per heavy atom. The van der Waals surface area contributed by atoms with Gasteiger partial charge in [-0.2, -0.15) is 0 Å². The van der Waals surface area contributed by atoms with Crippen LogP contribution in [0.4, 0.5) is 22.7 Å². The summed E-state index contributed by atoms with van der Waals surface area (Å²) >= 11 is 0. The van der Waals surface area contributed by atoms with Gasteiger partial charge in [-0.15, -0.1) is 0 Å². The first-order valence-corrected chi connectivity index (χ1v) is 19.9. The van der Waals surface area contributed by atoms with Crippen LogP contribution >= 0.6 is 0 Å². The maximum absolute atomic E-state index is 4.86. The van der Waals surface area contributed by atoms with E-state index in [0.29, 0.717) is 0 Å². The standard InChI is InChI=1S/C20H14N2.2C14H15N.2C2H6/c1-3-9-15(10-4-1)19-20(16-11-5-2-6-12-16)22-18-14-8-7-13-17(18)21-19;2*1-2-15(13-9-5-3-6-10-13)14-11-7-4-8-12-14;2*1-2/h1-14H;2*3-12H,2H2,1H3;2*1-2H3. The highest BCUT2D eigenvalue weighted by atomic mass is 15.1. The Labute approximate surface area is 335 Å². The molecule has 8 aromatic rings. The Balaban J connectivity index is 0.000000183. The highest BCUT2D eigenvalue weighted by molar-refractivity contribution is 5.86. The van der Waals surface area contributed by atoms with Crippen molar-refractivity contribution in [1.29, 1.82) is 0 Å². The van der Waals surface area contributed by atoms with E-state index in [-0.39, 0.29) is 0 Å². The van der Waals surface area contributed by atoms with E-state index >= 15 is 0 Å². The quantitative estimate of drug-likeness (QED) is 0.155. The highest BCUT2D eigenvalue weighted by Crippen LogP contribution is 2.31. The van der Waals surface area contributed by atoms with Gasteiger partial charge in [0.25, 0.3) is 0 Å². The number of aromatic nitrogens is 2. The summed E-state index contributed by atoms with van der Waals surface area (Å²) in [5, 5.41) is 0. The molecule has 284 valence electrons. The third kappa shape index (κ3) is 12.0. The first-order chi connectivity index (χ1) is 27.7. The molecule has 7 aromatic carbocycles. The summed E-state index contributed by atoms with van der Waals surface area (Å²) in [5.41, 5.74) is 10.8. The van der Waals surface area contributed by atoms with Crippen LogP contribution in [0.25, 0.3) is 33.5 Å². The molecule has 0 amide bonds. The Morgan fingerprint density at radius 2 is 0.518 bits per heavy atom. The van der Waals surface area contributed by atoms with E-state index in [1.165, 1.54) is 22.7 Å². The molecule has 4 nitrogen and oxygen atoms in total. The molecule has 0 radical (unpaired) electrons. The minimum absolute atomic E-state index is 0.918. The van der Waals surface area contributed by atoms with Crippen molar-refractivity contribution < 1.29 is 0 Å². The molecule has 4 heteroatoms. The lowest BCUT2D eigenvalue weighted by Gasteiger charge is -2.23. The van der Waals surface area contributed by atoms with Crippen molar-refractivity contribution in [3.63, 3.8) is 0 Å². The molecule has 0 spiro atoms. The van der Waals surface area contributed by atoms with Gasteiger partial charge in [-0.3, -0.25) is 0 Å². The fraction of sp³-hybridized carbons (Fsp3) is 0.154. The van der Waals surface area contributed by atoms with E-state index < -0.39 is 0 Å². The predicted octanol–water partition coefficient (Wildman–Crippen LogP) is 14.7. The molecule has 0 atom stereocenters. The maximum Gasteiger partial charge on any atom is 0.0973 e. The molecule has 0 aliphatic rings. The topological polar surface area (TPSA) is 32.3 Å². The Kier molecular flexibility index (Phi) is 18.1. The SMILES string of the molecule is CC.CC.CCN(c1ccccc1)c1ccccc1.CCN(c1ccccc1)c1ccccc1.c1ccc(-c2nc3ccccc3nc2-c2ccccc2)cc1. The van der Waals surface area contributed by atoms with Crippen molar-refractivity contribution in [1.82, 2.24) is 9.97 Å². The fourth-order valence-electron chi connectivity index (χ4n) is 6.05. The van der Waals surface area contributed by atoms with Crippen LogP contribution in [0.15, 0.2) is 206 Å². The van der Waals surface area contributed by atoms with E-state index in [1.807, 2.05) is 113 Å². The van der Waals surface area contributed by atoms with Gasteiger partial charge in [0.05, 0.1) is 22.4 Å². The average molecular weight is 737 g/mol. The second-order valence-corrected chi connectivity index (χ2v) is 12.0. The van der Waals surface area contributed by atoms with Crippen molar-refractivity contribution in [2.24, 2.45) is 0 Å². The zero-order chi connectivity index (χ0) is 39.8. The summed E-state index contributed by atoms with van der Waals surface area (Å²) in [6, 6.07) is 70.3. The molecular formula is C52H56N4.